The number of nitrogens with one attached hydrogen (secondary N) is 1. The number of hydrogen-bond acceptors (Lipinski definition) is 3. The molecule has 134 valence electrons. The number of rotatable bonds is 2. The van der Waals surface area contributed by atoms with Crippen LogP contribution in [0.1, 0.15) is 40.1 Å². The predicted octanol–water partition coefficient (Wildman–Crippen LogP) is 5.30. The zero-order chi connectivity index (χ0) is 18.4. The van der Waals surface area contributed by atoms with Gasteiger partial charge in [-0.05, 0) is 37.1 Å². The minimum absolute atomic E-state index is 0.135. The van der Waals surface area contributed by atoms with Gasteiger partial charge in [0.15, 0.2) is 6.23 Å². The van der Waals surface area contributed by atoms with Crippen LogP contribution in [0.3, 0.4) is 0 Å². The van der Waals surface area contributed by atoms with Crippen LogP contribution in [0.5, 0.6) is 5.75 Å². The first kappa shape index (κ1) is 16.2. The predicted molar refractivity (Wildman–Crippen MR) is 108 cm³/mol. The van der Waals surface area contributed by atoms with Crippen LogP contribution in [-0.2, 0) is 0 Å². The topological polar surface area (TPSA) is 24.5 Å². The Morgan fingerprint density at radius 3 is 2.44 bits per heavy atom. The molecular weight excluding hydrogens is 332 g/mol. The quantitative estimate of drug-likeness (QED) is 0.676. The number of benzene rings is 3. The molecule has 2 aliphatic heterocycles. The van der Waals surface area contributed by atoms with Crippen molar-refractivity contribution >= 4 is 5.70 Å². The summed E-state index contributed by atoms with van der Waals surface area (Å²) in [5, 5.41) is 2.22. The smallest absolute Gasteiger partial charge is 0.196 e. The normalized spacial score (nSPS) is 20.9. The molecule has 0 saturated carbocycles. The van der Waals surface area contributed by atoms with Crippen molar-refractivity contribution in [1.82, 2.24) is 10.4 Å². The van der Waals surface area contributed by atoms with Crippen molar-refractivity contribution < 1.29 is 4.74 Å². The van der Waals surface area contributed by atoms with E-state index in [0.717, 1.165) is 11.4 Å². The van der Waals surface area contributed by atoms with Crippen LogP contribution in [-0.4, -0.2) is 5.01 Å². The van der Waals surface area contributed by atoms with Crippen molar-refractivity contribution in [3.8, 4) is 5.75 Å². The molecule has 0 unspecified atom stereocenters. The molecule has 2 heterocycles. The van der Waals surface area contributed by atoms with Crippen LogP contribution in [0.15, 0.2) is 78.9 Å². The summed E-state index contributed by atoms with van der Waals surface area (Å²) in [5.41, 5.74) is 10.8. The highest BCUT2D eigenvalue weighted by Crippen LogP contribution is 2.46. The molecule has 0 spiro atoms. The highest BCUT2D eigenvalue weighted by molar-refractivity contribution is 5.67. The second-order valence-corrected chi connectivity index (χ2v) is 7.28. The number of para-hydroxylation sites is 1. The fourth-order valence-electron chi connectivity index (χ4n) is 4.03. The van der Waals surface area contributed by atoms with Crippen LogP contribution >= 0.6 is 0 Å². The summed E-state index contributed by atoms with van der Waals surface area (Å²) < 4.78 is 6.47. The van der Waals surface area contributed by atoms with Crippen molar-refractivity contribution in [1.29, 1.82) is 0 Å². The van der Waals surface area contributed by atoms with Gasteiger partial charge in [0.25, 0.3) is 0 Å². The number of ether oxygens (including phenoxy) is 1. The molecule has 0 fully saturated rings. The number of hydrazine groups is 1. The van der Waals surface area contributed by atoms with Gasteiger partial charge in [0, 0.05) is 11.1 Å². The molecule has 27 heavy (non-hydrogen) atoms. The highest BCUT2D eigenvalue weighted by atomic mass is 16.5. The summed E-state index contributed by atoms with van der Waals surface area (Å²) in [5.74, 6) is 0.955. The molecule has 3 heteroatoms. The Kier molecular flexibility index (Phi) is 3.76. The summed E-state index contributed by atoms with van der Waals surface area (Å²) in [6, 6.07) is 25.5. The third kappa shape index (κ3) is 2.71. The minimum atomic E-state index is -0.178. The third-order valence-electron chi connectivity index (χ3n) is 5.38. The molecule has 0 aliphatic carbocycles. The second-order valence-electron chi connectivity index (χ2n) is 7.28. The molecule has 2 atom stereocenters. The van der Waals surface area contributed by atoms with E-state index >= 15 is 0 Å². The lowest BCUT2D eigenvalue weighted by molar-refractivity contribution is -0.0330. The van der Waals surface area contributed by atoms with E-state index in [9.17, 15) is 0 Å². The van der Waals surface area contributed by atoms with Gasteiger partial charge in [-0.2, -0.15) is 5.01 Å². The number of hydrogen-bond donors (Lipinski definition) is 1. The first-order valence-corrected chi connectivity index (χ1v) is 9.36. The minimum Gasteiger partial charge on any atom is -0.469 e. The molecule has 0 amide bonds. The number of fused-ring (bicyclic) bond motifs is 3. The largest absolute Gasteiger partial charge is 0.469 e. The van der Waals surface area contributed by atoms with Gasteiger partial charge < -0.3 is 10.2 Å². The molecule has 0 aromatic heterocycles. The highest BCUT2D eigenvalue weighted by Gasteiger charge is 2.40. The number of nitrogens with zero attached hydrogens (tertiary/aromatic N) is 1. The Bertz CT molecular complexity index is 1030. The second kappa shape index (κ2) is 6.29. The average molecular weight is 354 g/mol. The molecule has 3 aromatic carbocycles. The summed E-state index contributed by atoms with van der Waals surface area (Å²) in [7, 11) is 0. The van der Waals surface area contributed by atoms with Crippen molar-refractivity contribution in [2.45, 2.75) is 26.1 Å². The first-order chi connectivity index (χ1) is 13.2. The lowest BCUT2D eigenvalue weighted by Crippen LogP contribution is -2.43. The van der Waals surface area contributed by atoms with E-state index in [1.54, 1.807) is 0 Å². The average Bonchev–Trinajstić information content (AvgIpc) is 3.14. The van der Waals surface area contributed by atoms with Crippen molar-refractivity contribution in [2.75, 3.05) is 0 Å². The van der Waals surface area contributed by atoms with Crippen LogP contribution in [0.4, 0.5) is 0 Å². The maximum absolute atomic E-state index is 6.47. The van der Waals surface area contributed by atoms with Crippen LogP contribution in [0.2, 0.25) is 0 Å². The van der Waals surface area contributed by atoms with Crippen LogP contribution in [0.25, 0.3) is 5.70 Å². The van der Waals surface area contributed by atoms with E-state index in [1.165, 1.54) is 27.8 Å². The van der Waals surface area contributed by atoms with Gasteiger partial charge in [0.1, 0.15) is 5.75 Å². The van der Waals surface area contributed by atoms with Gasteiger partial charge in [-0.25, -0.2) is 0 Å². The van der Waals surface area contributed by atoms with Gasteiger partial charge in [-0.1, -0.05) is 72.3 Å². The maximum Gasteiger partial charge on any atom is 0.196 e. The SMILES string of the molecule is Cc1ccc([C@@H]2Oc3ccccc3[C@H]3C=C(c4ccccc4)NN32)c(C)c1. The van der Waals surface area contributed by atoms with E-state index in [4.69, 9.17) is 4.74 Å². The lowest BCUT2D eigenvalue weighted by atomic mass is 9.98. The molecule has 1 N–H and O–H groups in total. The molecule has 0 bridgehead atoms. The van der Waals surface area contributed by atoms with Gasteiger partial charge in [-0.3, -0.25) is 0 Å². The fraction of sp³-hybridized carbons (Fsp3) is 0.167. The van der Waals surface area contributed by atoms with Crippen molar-refractivity contribution in [3.05, 3.63) is 107 Å². The summed E-state index contributed by atoms with van der Waals surface area (Å²) in [4.78, 5) is 0. The van der Waals surface area contributed by atoms with E-state index in [1.807, 2.05) is 12.1 Å². The fourth-order valence-corrected chi connectivity index (χ4v) is 4.03. The van der Waals surface area contributed by atoms with Crippen molar-refractivity contribution in [3.63, 3.8) is 0 Å². The zero-order valence-corrected chi connectivity index (χ0v) is 15.5. The Labute approximate surface area is 159 Å². The molecule has 3 aromatic rings. The van der Waals surface area contributed by atoms with Gasteiger partial charge in [0.05, 0.1) is 11.7 Å². The molecular formula is C24H22N2O. The lowest BCUT2D eigenvalue weighted by Gasteiger charge is -2.39. The Morgan fingerprint density at radius 2 is 1.63 bits per heavy atom. The Balaban J connectivity index is 1.61. The van der Waals surface area contributed by atoms with Gasteiger partial charge in [0.2, 0.25) is 0 Å². The van der Waals surface area contributed by atoms with Crippen molar-refractivity contribution in [2.24, 2.45) is 0 Å². The van der Waals surface area contributed by atoms with Gasteiger partial charge >= 0.3 is 0 Å². The standard InChI is InChI=1S/C24H22N2O/c1-16-12-13-19(17(2)14-16)24-26-22(20-10-6-7-11-23(20)27-24)15-21(25-26)18-8-4-3-5-9-18/h3-15,22,24-25H,1-2H3/t22-,24+/m1/s1. The maximum atomic E-state index is 6.47. The number of aryl methyl sites for hydroxylation is 2. The molecule has 5 rings (SSSR count). The first-order valence-electron chi connectivity index (χ1n) is 9.36. The van der Waals surface area contributed by atoms with E-state index in [-0.39, 0.29) is 12.3 Å². The Morgan fingerprint density at radius 1 is 0.852 bits per heavy atom. The zero-order valence-electron chi connectivity index (χ0n) is 15.5. The third-order valence-corrected chi connectivity index (χ3v) is 5.38. The molecule has 2 aliphatic rings. The summed E-state index contributed by atoms with van der Waals surface area (Å²) in [6.07, 6.45) is 2.12. The monoisotopic (exact) mass is 354 g/mol. The van der Waals surface area contributed by atoms with E-state index < -0.39 is 0 Å². The molecule has 0 saturated heterocycles. The van der Waals surface area contributed by atoms with E-state index in [0.29, 0.717) is 0 Å². The summed E-state index contributed by atoms with van der Waals surface area (Å²) in [6.45, 7) is 4.28. The summed E-state index contributed by atoms with van der Waals surface area (Å²) >= 11 is 0. The van der Waals surface area contributed by atoms with Gasteiger partial charge in [-0.15, -0.1) is 0 Å². The molecule has 3 nitrogen and oxygen atoms in total. The van der Waals surface area contributed by atoms with Crippen LogP contribution in [0, 0.1) is 13.8 Å². The van der Waals surface area contributed by atoms with E-state index in [2.05, 4.69) is 91.0 Å². The molecule has 0 radical (unpaired) electrons. The van der Waals surface area contributed by atoms with Crippen LogP contribution < -0.4 is 10.2 Å². The Hall–Kier alpha value is -3.04.